The second-order valence-electron chi connectivity index (χ2n) is 6.81. The Morgan fingerprint density at radius 3 is 2.71 bits per heavy atom. The van der Waals surface area contributed by atoms with Crippen molar-refractivity contribution in [2.24, 2.45) is 0 Å². The van der Waals surface area contributed by atoms with Crippen molar-refractivity contribution in [1.82, 2.24) is 34.8 Å². The molecular formula is C19H21N9. The molecule has 5 heterocycles. The lowest BCUT2D eigenvalue weighted by molar-refractivity contribution is 0.589. The zero-order valence-corrected chi connectivity index (χ0v) is 15.6. The zero-order chi connectivity index (χ0) is 18.9. The number of rotatable bonds is 4. The Morgan fingerprint density at radius 2 is 1.96 bits per heavy atom. The normalized spacial score (nSPS) is 14.5. The Labute approximate surface area is 161 Å². The van der Waals surface area contributed by atoms with Crippen LogP contribution in [0.4, 0.5) is 17.5 Å². The predicted octanol–water partition coefficient (Wildman–Crippen LogP) is 2.00. The van der Waals surface area contributed by atoms with Crippen LogP contribution in [0.1, 0.15) is 5.56 Å². The third-order valence-electron chi connectivity index (χ3n) is 4.96. The molecule has 0 spiro atoms. The van der Waals surface area contributed by atoms with Gasteiger partial charge < -0.3 is 20.5 Å². The third-order valence-corrected chi connectivity index (χ3v) is 4.96. The molecule has 0 amide bonds. The lowest BCUT2D eigenvalue weighted by Gasteiger charge is -2.29. The number of anilines is 3. The average Bonchev–Trinajstić information content (AvgIpc) is 3.37. The van der Waals surface area contributed by atoms with Crippen molar-refractivity contribution in [3.05, 3.63) is 48.8 Å². The number of hydrogen-bond acceptors (Lipinski definition) is 7. The molecule has 0 atom stereocenters. The molecule has 1 aliphatic heterocycles. The highest BCUT2D eigenvalue weighted by Gasteiger charge is 2.13. The Kier molecular flexibility index (Phi) is 4.13. The molecule has 5 rings (SSSR count). The van der Waals surface area contributed by atoms with Crippen molar-refractivity contribution in [2.75, 3.05) is 36.4 Å². The fraction of sp³-hybridized carbons (Fsp3) is 0.263. The van der Waals surface area contributed by atoms with Crippen LogP contribution in [0, 0.1) is 6.92 Å². The van der Waals surface area contributed by atoms with Crippen LogP contribution in [0.25, 0.3) is 16.9 Å². The molecule has 1 fully saturated rings. The van der Waals surface area contributed by atoms with E-state index in [1.165, 1.54) is 0 Å². The van der Waals surface area contributed by atoms with Crippen LogP contribution in [0.5, 0.6) is 0 Å². The van der Waals surface area contributed by atoms with E-state index in [1.807, 2.05) is 36.1 Å². The summed E-state index contributed by atoms with van der Waals surface area (Å²) < 4.78 is 1.98. The van der Waals surface area contributed by atoms with Crippen LogP contribution in [0.3, 0.4) is 0 Å². The van der Waals surface area contributed by atoms with Gasteiger partial charge in [0.25, 0.3) is 0 Å². The first-order chi connectivity index (χ1) is 13.8. The second-order valence-corrected chi connectivity index (χ2v) is 6.81. The Balaban J connectivity index is 1.41. The van der Waals surface area contributed by atoms with Gasteiger partial charge in [-0.25, -0.2) is 15.0 Å². The number of imidazole rings is 1. The first kappa shape index (κ1) is 16.7. The summed E-state index contributed by atoms with van der Waals surface area (Å²) in [6.07, 6.45) is 9.17. The molecular weight excluding hydrogens is 354 g/mol. The van der Waals surface area contributed by atoms with Crippen molar-refractivity contribution < 1.29 is 0 Å². The fourth-order valence-electron chi connectivity index (χ4n) is 3.47. The largest absolute Gasteiger partial charge is 0.368 e. The first-order valence-corrected chi connectivity index (χ1v) is 9.30. The summed E-state index contributed by atoms with van der Waals surface area (Å²) in [5.41, 5.74) is 3.05. The van der Waals surface area contributed by atoms with Crippen LogP contribution in [0.15, 0.2) is 43.2 Å². The molecule has 9 nitrogen and oxygen atoms in total. The lowest BCUT2D eigenvalue weighted by Crippen LogP contribution is -2.43. The monoisotopic (exact) mass is 375 g/mol. The Bertz CT molecular complexity index is 1080. The molecule has 0 aliphatic carbocycles. The minimum absolute atomic E-state index is 0.508. The highest BCUT2D eigenvalue weighted by atomic mass is 15.2. The minimum atomic E-state index is 0.508. The molecule has 9 heteroatoms. The topological polar surface area (TPSA) is 99.6 Å². The number of aryl methyl sites for hydroxylation is 1. The van der Waals surface area contributed by atoms with Gasteiger partial charge in [0.1, 0.15) is 11.6 Å². The van der Waals surface area contributed by atoms with Gasteiger partial charge in [-0.15, -0.1) is 0 Å². The molecule has 3 N–H and O–H groups in total. The van der Waals surface area contributed by atoms with Crippen LogP contribution in [-0.2, 0) is 0 Å². The van der Waals surface area contributed by atoms with E-state index in [2.05, 4.69) is 41.5 Å². The number of fused-ring (bicyclic) bond motifs is 1. The van der Waals surface area contributed by atoms with E-state index in [4.69, 9.17) is 4.98 Å². The van der Waals surface area contributed by atoms with Crippen molar-refractivity contribution in [2.45, 2.75) is 6.92 Å². The van der Waals surface area contributed by atoms with Crippen molar-refractivity contribution in [3.8, 4) is 5.82 Å². The smallest absolute Gasteiger partial charge is 0.230 e. The van der Waals surface area contributed by atoms with E-state index in [-0.39, 0.29) is 0 Å². The van der Waals surface area contributed by atoms with Gasteiger partial charge in [0.05, 0.1) is 24.4 Å². The van der Waals surface area contributed by atoms with Gasteiger partial charge in [-0.1, -0.05) is 0 Å². The van der Waals surface area contributed by atoms with Gasteiger partial charge in [-0.05, 0) is 24.6 Å². The highest BCUT2D eigenvalue weighted by Crippen LogP contribution is 2.23. The maximum atomic E-state index is 4.69. The summed E-state index contributed by atoms with van der Waals surface area (Å²) in [6.45, 7) is 6.05. The number of nitrogens with zero attached hydrogens (tertiary/aromatic N) is 6. The first-order valence-electron chi connectivity index (χ1n) is 9.30. The summed E-state index contributed by atoms with van der Waals surface area (Å²) in [5, 5.41) is 7.57. The van der Waals surface area contributed by atoms with E-state index < -0.39 is 0 Å². The molecule has 1 aliphatic rings. The van der Waals surface area contributed by atoms with Crippen LogP contribution >= 0.6 is 0 Å². The highest BCUT2D eigenvalue weighted by molar-refractivity contribution is 5.82. The zero-order valence-electron chi connectivity index (χ0n) is 15.6. The van der Waals surface area contributed by atoms with Gasteiger partial charge >= 0.3 is 0 Å². The molecule has 4 aromatic rings. The molecule has 0 saturated carbocycles. The summed E-state index contributed by atoms with van der Waals surface area (Å²) in [4.78, 5) is 23.2. The molecule has 0 radical (unpaired) electrons. The molecule has 0 aromatic carbocycles. The summed E-state index contributed by atoms with van der Waals surface area (Å²) in [6, 6.07) is 4.04. The molecule has 0 unspecified atom stereocenters. The standard InChI is InChI=1S/C19H21N9/c1-13-11-28(17-10-21-12-24-17)18-15(13)9-23-19(26-18)25-16-3-2-14(8-22-16)27-6-4-20-5-7-27/h2-3,8-12,20H,4-7H2,1H3,(H,21,24)(H,22,23,25,26). The maximum absolute atomic E-state index is 4.69. The number of pyridine rings is 1. The maximum Gasteiger partial charge on any atom is 0.230 e. The number of aromatic amines is 1. The molecule has 1 saturated heterocycles. The van der Waals surface area contributed by atoms with Gasteiger partial charge in [-0.3, -0.25) is 4.57 Å². The minimum Gasteiger partial charge on any atom is -0.368 e. The van der Waals surface area contributed by atoms with E-state index in [1.54, 1.807) is 12.5 Å². The lowest BCUT2D eigenvalue weighted by atomic mass is 10.3. The number of aromatic nitrogens is 6. The van der Waals surface area contributed by atoms with E-state index in [0.29, 0.717) is 5.95 Å². The second kappa shape index (κ2) is 6.93. The van der Waals surface area contributed by atoms with Crippen LogP contribution < -0.4 is 15.5 Å². The Hall–Kier alpha value is -3.46. The molecule has 142 valence electrons. The number of H-pyrrole nitrogens is 1. The van der Waals surface area contributed by atoms with Gasteiger partial charge in [0, 0.05) is 44.0 Å². The molecule has 28 heavy (non-hydrogen) atoms. The van der Waals surface area contributed by atoms with Crippen LogP contribution in [0.2, 0.25) is 0 Å². The van der Waals surface area contributed by atoms with Gasteiger partial charge in [0.15, 0.2) is 5.65 Å². The van der Waals surface area contributed by atoms with Crippen molar-refractivity contribution in [3.63, 3.8) is 0 Å². The molecule has 0 bridgehead atoms. The summed E-state index contributed by atoms with van der Waals surface area (Å²) >= 11 is 0. The quantitative estimate of drug-likeness (QED) is 0.502. The summed E-state index contributed by atoms with van der Waals surface area (Å²) in [7, 11) is 0. The molecule has 4 aromatic heterocycles. The summed E-state index contributed by atoms with van der Waals surface area (Å²) in [5.74, 6) is 2.09. The van der Waals surface area contributed by atoms with Crippen molar-refractivity contribution in [1.29, 1.82) is 0 Å². The SMILES string of the molecule is Cc1cn(-c2cnc[nH]2)c2nc(Nc3ccc(N4CCNCC4)cn3)ncc12. The van der Waals surface area contributed by atoms with Crippen molar-refractivity contribution >= 4 is 28.5 Å². The van der Waals surface area contributed by atoms with E-state index in [9.17, 15) is 0 Å². The fourth-order valence-corrected chi connectivity index (χ4v) is 3.47. The number of hydrogen-bond donors (Lipinski definition) is 3. The van der Waals surface area contributed by atoms with Gasteiger partial charge in [0.2, 0.25) is 5.95 Å². The van der Waals surface area contributed by atoms with E-state index in [0.717, 1.165) is 60.1 Å². The van der Waals surface area contributed by atoms with Crippen LogP contribution in [-0.4, -0.2) is 55.7 Å². The third kappa shape index (κ3) is 3.05. The number of piperazine rings is 1. The Morgan fingerprint density at radius 1 is 1.07 bits per heavy atom. The predicted molar refractivity (Wildman–Crippen MR) is 108 cm³/mol. The van der Waals surface area contributed by atoms with E-state index >= 15 is 0 Å². The number of nitrogens with one attached hydrogen (secondary N) is 3. The average molecular weight is 375 g/mol. The van der Waals surface area contributed by atoms with Gasteiger partial charge in [-0.2, -0.15) is 4.98 Å².